The molecule has 1 heteroatoms. The highest BCUT2D eigenvalue weighted by molar-refractivity contribution is 5.18. The first-order chi connectivity index (χ1) is 9.72. The Balaban J connectivity index is 1.87. The van der Waals surface area contributed by atoms with Gasteiger partial charge in [0.25, 0.3) is 0 Å². The lowest BCUT2D eigenvalue weighted by Gasteiger charge is -2.28. The molecule has 0 heterocycles. The van der Waals surface area contributed by atoms with E-state index in [-0.39, 0.29) is 5.54 Å². The van der Waals surface area contributed by atoms with E-state index in [2.05, 4.69) is 67.6 Å². The van der Waals surface area contributed by atoms with Crippen LogP contribution in [0.15, 0.2) is 60.7 Å². The Hall–Kier alpha value is -1.60. The maximum Gasteiger partial charge on any atom is 0.0192 e. The summed E-state index contributed by atoms with van der Waals surface area (Å²) >= 11 is 0. The predicted molar refractivity (Wildman–Crippen MR) is 86.7 cm³/mol. The smallest absolute Gasteiger partial charge is 0.0192 e. The fourth-order valence-corrected chi connectivity index (χ4v) is 2.68. The Kier molecular flexibility index (Phi) is 5.37. The zero-order valence-electron chi connectivity index (χ0n) is 12.4. The minimum atomic E-state index is -0.0733. The van der Waals surface area contributed by atoms with Crippen molar-refractivity contribution in [2.24, 2.45) is 5.73 Å². The Morgan fingerprint density at radius 3 is 1.95 bits per heavy atom. The standard InChI is InChI=1S/C19H25N/c1-2-19(20,16-18-12-7-4-8-13-18)15-9-14-17-10-5-3-6-11-17/h3-8,10-13H,2,9,14-16,20H2,1H3. The molecule has 0 aromatic heterocycles. The van der Waals surface area contributed by atoms with Gasteiger partial charge in [-0.15, -0.1) is 0 Å². The summed E-state index contributed by atoms with van der Waals surface area (Å²) in [6.45, 7) is 2.20. The number of hydrogen-bond donors (Lipinski definition) is 1. The fraction of sp³-hybridized carbons (Fsp3) is 0.368. The molecule has 2 N–H and O–H groups in total. The van der Waals surface area contributed by atoms with Crippen molar-refractivity contribution >= 4 is 0 Å². The zero-order valence-corrected chi connectivity index (χ0v) is 12.4. The van der Waals surface area contributed by atoms with E-state index >= 15 is 0 Å². The van der Waals surface area contributed by atoms with Crippen molar-refractivity contribution in [3.63, 3.8) is 0 Å². The van der Waals surface area contributed by atoms with E-state index in [1.54, 1.807) is 0 Å². The first kappa shape index (κ1) is 14.8. The van der Waals surface area contributed by atoms with Crippen LogP contribution in [0.1, 0.15) is 37.3 Å². The molecule has 0 radical (unpaired) electrons. The largest absolute Gasteiger partial charge is 0.325 e. The molecule has 0 aliphatic rings. The van der Waals surface area contributed by atoms with Crippen LogP contribution < -0.4 is 5.73 Å². The van der Waals surface area contributed by atoms with Crippen LogP contribution in [0.25, 0.3) is 0 Å². The third-order valence-corrected chi connectivity index (χ3v) is 4.09. The van der Waals surface area contributed by atoms with Gasteiger partial charge in [-0.25, -0.2) is 0 Å². The second-order valence-corrected chi connectivity index (χ2v) is 5.72. The molecular weight excluding hydrogens is 242 g/mol. The Bertz CT molecular complexity index is 492. The van der Waals surface area contributed by atoms with Crippen molar-refractivity contribution in [1.82, 2.24) is 0 Å². The predicted octanol–water partition coefficient (Wildman–Crippen LogP) is 4.36. The van der Waals surface area contributed by atoms with E-state index in [9.17, 15) is 0 Å². The van der Waals surface area contributed by atoms with Crippen LogP contribution >= 0.6 is 0 Å². The summed E-state index contributed by atoms with van der Waals surface area (Å²) in [6, 6.07) is 21.3. The average Bonchev–Trinajstić information content (AvgIpc) is 2.49. The highest BCUT2D eigenvalue weighted by atomic mass is 14.7. The van der Waals surface area contributed by atoms with Crippen LogP contribution in [0.4, 0.5) is 0 Å². The molecule has 1 unspecified atom stereocenters. The van der Waals surface area contributed by atoms with Crippen molar-refractivity contribution in [2.45, 2.75) is 44.6 Å². The van der Waals surface area contributed by atoms with E-state index in [1.807, 2.05) is 0 Å². The van der Waals surface area contributed by atoms with Gasteiger partial charge >= 0.3 is 0 Å². The Morgan fingerprint density at radius 1 is 0.850 bits per heavy atom. The normalized spacial score (nSPS) is 13.9. The van der Waals surface area contributed by atoms with Gasteiger partial charge in [0.2, 0.25) is 0 Å². The van der Waals surface area contributed by atoms with Gasteiger partial charge in [-0.05, 0) is 43.2 Å². The van der Waals surface area contributed by atoms with Crippen LogP contribution in [-0.2, 0) is 12.8 Å². The SMILES string of the molecule is CCC(N)(CCCc1ccccc1)Cc1ccccc1. The molecule has 0 saturated carbocycles. The molecule has 0 fully saturated rings. The van der Waals surface area contributed by atoms with E-state index in [0.717, 1.165) is 32.1 Å². The van der Waals surface area contributed by atoms with Crippen LogP contribution in [-0.4, -0.2) is 5.54 Å². The number of aryl methyl sites for hydroxylation is 1. The van der Waals surface area contributed by atoms with Crippen molar-refractivity contribution in [3.05, 3.63) is 71.8 Å². The van der Waals surface area contributed by atoms with Gasteiger partial charge in [0, 0.05) is 5.54 Å². The molecule has 2 aromatic rings. The van der Waals surface area contributed by atoms with Crippen LogP contribution in [0.5, 0.6) is 0 Å². The lowest BCUT2D eigenvalue weighted by molar-refractivity contribution is 0.367. The Morgan fingerprint density at radius 2 is 1.40 bits per heavy atom. The molecule has 1 atom stereocenters. The van der Waals surface area contributed by atoms with Gasteiger partial charge < -0.3 is 5.73 Å². The number of nitrogens with two attached hydrogens (primary N) is 1. The highest BCUT2D eigenvalue weighted by Crippen LogP contribution is 2.21. The second kappa shape index (κ2) is 7.25. The summed E-state index contributed by atoms with van der Waals surface area (Å²) in [4.78, 5) is 0. The maximum absolute atomic E-state index is 6.59. The lowest BCUT2D eigenvalue weighted by Crippen LogP contribution is -2.41. The fourth-order valence-electron chi connectivity index (χ4n) is 2.68. The van der Waals surface area contributed by atoms with E-state index < -0.39 is 0 Å². The molecule has 2 aromatic carbocycles. The average molecular weight is 267 g/mol. The summed E-state index contributed by atoms with van der Waals surface area (Å²) < 4.78 is 0. The molecule has 1 nitrogen and oxygen atoms in total. The molecule has 0 aliphatic heterocycles. The van der Waals surface area contributed by atoms with Crippen molar-refractivity contribution in [1.29, 1.82) is 0 Å². The van der Waals surface area contributed by atoms with Crippen molar-refractivity contribution in [3.8, 4) is 0 Å². The number of rotatable bonds is 7. The monoisotopic (exact) mass is 267 g/mol. The zero-order chi connectivity index (χ0) is 14.3. The van der Waals surface area contributed by atoms with Gasteiger partial charge in [0.05, 0.1) is 0 Å². The summed E-state index contributed by atoms with van der Waals surface area (Å²) in [5, 5.41) is 0. The first-order valence-corrected chi connectivity index (χ1v) is 7.58. The molecule has 0 bridgehead atoms. The summed E-state index contributed by atoms with van der Waals surface area (Å²) in [7, 11) is 0. The minimum Gasteiger partial charge on any atom is -0.325 e. The third-order valence-electron chi connectivity index (χ3n) is 4.09. The third kappa shape index (κ3) is 4.50. The summed E-state index contributed by atoms with van der Waals surface area (Å²) in [5.41, 5.74) is 9.27. The molecule has 106 valence electrons. The van der Waals surface area contributed by atoms with Gasteiger partial charge in [-0.2, -0.15) is 0 Å². The van der Waals surface area contributed by atoms with Crippen LogP contribution in [0, 0.1) is 0 Å². The van der Waals surface area contributed by atoms with Gasteiger partial charge in [0.15, 0.2) is 0 Å². The van der Waals surface area contributed by atoms with E-state index in [4.69, 9.17) is 5.73 Å². The van der Waals surface area contributed by atoms with E-state index in [1.165, 1.54) is 11.1 Å². The summed E-state index contributed by atoms with van der Waals surface area (Å²) in [6.07, 6.45) is 5.35. The first-order valence-electron chi connectivity index (χ1n) is 7.58. The number of benzene rings is 2. The lowest BCUT2D eigenvalue weighted by atomic mass is 9.84. The van der Waals surface area contributed by atoms with Crippen LogP contribution in [0.2, 0.25) is 0 Å². The highest BCUT2D eigenvalue weighted by Gasteiger charge is 2.22. The quantitative estimate of drug-likeness (QED) is 0.792. The molecule has 2 rings (SSSR count). The number of hydrogen-bond acceptors (Lipinski definition) is 1. The molecule has 0 spiro atoms. The molecular formula is C19H25N. The molecule has 0 amide bonds. The van der Waals surface area contributed by atoms with Gasteiger partial charge in [0.1, 0.15) is 0 Å². The summed E-state index contributed by atoms with van der Waals surface area (Å²) in [5.74, 6) is 0. The maximum atomic E-state index is 6.59. The van der Waals surface area contributed by atoms with Gasteiger partial charge in [-0.1, -0.05) is 67.6 Å². The molecule has 0 saturated heterocycles. The Labute approximate surface area is 122 Å². The van der Waals surface area contributed by atoms with Crippen molar-refractivity contribution < 1.29 is 0 Å². The topological polar surface area (TPSA) is 26.0 Å². The molecule has 20 heavy (non-hydrogen) atoms. The van der Waals surface area contributed by atoms with E-state index in [0.29, 0.717) is 0 Å². The minimum absolute atomic E-state index is 0.0733. The molecule has 0 aliphatic carbocycles. The van der Waals surface area contributed by atoms with Gasteiger partial charge in [-0.3, -0.25) is 0 Å². The van der Waals surface area contributed by atoms with Crippen molar-refractivity contribution in [2.75, 3.05) is 0 Å². The second-order valence-electron chi connectivity index (χ2n) is 5.72. The van der Waals surface area contributed by atoms with Crippen LogP contribution in [0.3, 0.4) is 0 Å².